The van der Waals surface area contributed by atoms with Crippen LogP contribution in [0.2, 0.25) is 0 Å². The first-order valence-corrected chi connectivity index (χ1v) is 8.97. The van der Waals surface area contributed by atoms with Gasteiger partial charge in [0.05, 0.1) is 11.0 Å². The minimum Gasteiger partial charge on any atom is -0.309 e. The first-order valence-electron chi connectivity index (χ1n) is 8.97. The molecule has 0 amide bonds. The van der Waals surface area contributed by atoms with Gasteiger partial charge in [0.1, 0.15) is 0 Å². The molecule has 4 aromatic carbocycles. The van der Waals surface area contributed by atoms with Crippen molar-refractivity contribution in [3.8, 4) is 16.8 Å². The lowest BCUT2D eigenvalue weighted by atomic mass is 10.1. The minimum atomic E-state index is 1.20. The molecule has 0 radical (unpaired) electrons. The van der Waals surface area contributed by atoms with Crippen LogP contribution in [-0.2, 0) is 0 Å². The van der Waals surface area contributed by atoms with E-state index < -0.39 is 0 Å². The molecule has 0 saturated carbocycles. The zero-order valence-electron chi connectivity index (χ0n) is 14.7. The molecule has 0 saturated heterocycles. The van der Waals surface area contributed by atoms with Crippen LogP contribution in [0.3, 0.4) is 0 Å². The Hall–Kier alpha value is -3.32. The van der Waals surface area contributed by atoms with Crippen molar-refractivity contribution in [2.45, 2.75) is 6.92 Å². The number of hydrogen-bond donors (Lipinski definition) is 0. The second-order valence-corrected chi connectivity index (χ2v) is 6.79. The molecule has 0 N–H and O–H groups in total. The Kier molecular flexibility index (Phi) is 3.39. The Balaban J connectivity index is 1.83. The SMILES string of the molecule is Cc1ccc2c3ccccc3n(-c3cccc(-c4ccccc4)c3)c2c1. The van der Waals surface area contributed by atoms with Gasteiger partial charge in [-0.15, -0.1) is 0 Å². The lowest BCUT2D eigenvalue weighted by Crippen LogP contribution is -1.94. The maximum Gasteiger partial charge on any atom is 0.0543 e. The van der Waals surface area contributed by atoms with Crippen LogP contribution in [0.5, 0.6) is 0 Å². The van der Waals surface area contributed by atoms with E-state index in [1.807, 2.05) is 0 Å². The van der Waals surface area contributed by atoms with Gasteiger partial charge in [-0.25, -0.2) is 0 Å². The Labute approximate surface area is 153 Å². The average molecular weight is 333 g/mol. The molecule has 0 unspecified atom stereocenters. The van der Waals surface area contributed by atoms with E-state index in [1.165, 1.54) is 44.2 Å². The number of hydrogen-bond acceptors (Lipinski definition) is 0. The highest BCUT2D eigenvalue weighted by Crippen LogP contribution is 2.33. The highest BCUT2D eigenvalue weighted by atomic mass is 15.0. The maximum atomic E-state index is 2.38. The largest absolute Gasteiger partial charge is 0.309 e. The molecule has 0 fully saturated rings. The number of fused-ring (bicyclic) bond motifs is 3. The van der Waals surface area contributed by atoms with E-state index in [2.05, 4.69) is 109 Å². The lowest BCUT2D eigenvalue weighted by molar-refractivity contribution is 1.18. The summed E-state index contributed by atoms with van der Waals surface area (Å²) in [6, 6.07) is 34.7. The van der Waals surface area contributed by atoms with E-state index in [-0.39, 0.29) is 0 Å². The van der Waals surface area contributed by atoms with Gasteiger partial charge in [-0.05, 0) is 47.9 Å². The molecule has 26 heavy (non-hydrogen) atoms. The maximum absolute atomic E-state index is 2.38. The quantitative estimate of drug-likeness (QED) is 0.336. The smallest absolute Gasteiger partial charge is 0.0543 e. The number of benzene rings is 4. The van der Waals surface area contributed by atoms with E-state index >= 15 is 0 Å². The molecule has 0 aliphatic carbocycles. The molecule has 1 heteroatoms. The van der Waals surface area contributed by atoms with Crippen LogP contribution in [0.4, 0.5) is 0 Å². The van der Waals surface area contributed by atoms with Gasteiger partial charge in [-0.1, -0.05) is 72.8 Å². The van der Waals surface area contributed by atoms with Gasteiger partial charge in [0.2, 0.25) is 0 Å². The summed E-state index contributed by atoms with van der Waals surface area (Å²) < 4.78 is 2.38. The van der Waals surface area contributed by atoms with Crippen molar-refractivity contribution in [2.75, 3.05) is 0 Å². The van der Waals surface area contributed by atoms with Gasteiger partial charge in [-0.3, -0.25) is 0 Å². The van der Waals surface area contributed by atoms with Crippen molar-refractivity contribution in [2.24, 2.45) is 0 Å². The van der Waals surface area contributed by atoms with E-state index in [1.54, 1.807) is 0 Å². The molecule has 124 valence electrons. The predicted molar refractivity (Wildman–Crippen MR) is 111 cm³/mol. The first kappa shape index (κ1) is 15.0. The molecule has 0 bridgehead atoms. The summed E-state index contributed by atoms with van der Waals surface area (Å²) in [5.41, 5.74) is 7.46. The van der Waals surface area contributed by atoms with Crippen molar-refractivity contribution >= 4 is 21.8 Å². The monoisotopic (exact) mass is 333 g/mol. The van der Waals surface area contributed by atoms with E-state index in [9.17, 15) is 0 Å². The number of aromatic nitrogens is 1. The summed E-state index contributed by atoms with van der Waals surface area (Å²) in [5.74, 6) is 0. The zero-order valence-corrected chi connectivity index (χ0v) is 14.7. The molecule has 1 aromatic heterocycles. The van der Waals surface area contributed by atoms with Crippen molar-refractivity contribution in [3.05, 3.63) is 103 Å². The Bertz CT molecular complexity index is 1230. The zero-order chi connectivity index (χ0) is 17.5. The second kappa shape index (κ2) is 5.89. The highest BCUT2D eigenvalue weighted by Gasteiger charge is 2.12. The van der Waals surface area contributed by atoms with Crippen LogP contribution >= 0.6 is 0 Å². The van der Waals surface area contributed by atoms with Crippen molar-refractivity contribution in [1.29, 1.82) is 0 Å². The number of rotatable bonds is 2. The van der Waals surface area contributed by atoms with E-state index in [0.29, 0.717) is 0 Å². The van der Waals surface area contributed by atoms with Crippen LogP contribution in [0, 0.1) is 6.92 Å². The minimum absolute atomic E-state index is 1.20. The molecule has 0 atom stereocenters. The third-order valence-corrected chi connectivity index (χ3v) is 5.04. The van der Waals surface area contributed by atoms with Crippen LogP contribution in [-0.4, -0.2) is 4.57 Å². The molecule has 0 aliphatic rings. The van der Waals surface area contributed by atoms with E-state index in [4.69, 9.17) is 0 Å². The predicted octanol–water partition coefficient (Wildman–Crippen LogP) is 6.76. The highest BCUT2D eigenvalue weighted by molar-refractivity contribution is 6.09. The van der Waals surface area contributed by atoms with E-state index in [0.717, 1.165) is 0 Å². The molecule has 0 aliphatic heterocycles. The van der Waals surface area contributed by atoms with Crippen LogP contribution in [0.15, 0.2) is 97.1 Å². The third kappa shape index (κ3) is 2.33. The average Bonchev–Trinajstić information content (AvgIpc) is 3.02. The number of nitrogens with zero attached hydrogens (tertiary/aromatic N) is 1. The topological polar surface area (TPSA) is 4.93 Å². The third-order valence-electron chi connectivity index (χ3n) is 5.04. The van der Waals surface area contributed by atoms with Gasteiger partial charge >= 0.3 is 0 Å². The summed E-state index contributed by atoms with van der Waals surface area (Å²) in [6.45, 7) is 2.15. The van der Waals surface area contributed by atoms with Gasteiger partial charge in [0.25, 0.3) is 0 Å². The summed E-state index contributed by atoms with van der Waals surface area (Å²) in [5, 5.41) is 2.60. The molecule has 1 heterocycles. The van der Waals surface area contributed by atoms with Gasteiger partial charge in [-0.2, -0.15) is 0 Å². The Morgan fingerprint density at radius 1 is 0.538 bits per heavy atom. The summed E-state index contributed by atoms with van der Waals surface area (Å²) >= 11 is 0. The molecular weight excluding hydrogens is 314 g/mol. The second-order valence-electron chi connectivity index (χ2n) is 6.79. The van der Waals surface area contributed by atoms with Crippen molar-refractivity contribution < 1.29 is 0 Å². The summed E-state index contributed by atoms with van der Waals surface area (Å²) in [7, 11) is 0. The fourth-order valence-corrected chi connectivity index (χ4v) is 3.81. The lowest BCUT2D eigenvalue weighted by Gasteiger charge is -2.10. The van der Waals surface area contributed by atoms with Crippen LogP contribution in [0.25, 0.3) is 38.6 Å². The number of aryl methyl sites for hydroxylation is 1. The fourth-order valence-electron chi connectivity index (χ4n) is 3.81. The summed E-state index contributed by atoms with van der Waals surface area (Å²) in [4.78, 5) is 0. The first-order chi connectivity index (χ1) is 12.8. The van der Waals surface area contributed by atoms with Crippen molar-refractivity contribution in [3.63, 3.8) is 0 Å². The summed E-state index contributed by atoms with van der Waals surface area (Å²) in [6.07, 6.45) is 0. The van der Waals surface area contributed by atoms with Gasteiger partial charge in [0, 0.05) is 16.5 Å². The Morgan fingerprint density at radius 2 is 1.27 bits per heavy atom. The molecule has 5 rings (SSSR count). The van der Waals surface area contributed by atoms with Crippen LogP contribution in [0.1, 0.15) is 5.56 Å². The molecule has 5 aromatic rings. The van der Waals surface area contributed by atoms with Gasteiger partial charge < -0.3 is 4.57 Å². The van der Waals surface area contributed by atoms with Crippen LogP contribution < -0.4 is 0 Å². The molecule has 1 nitrogen and oxygen atoms in total. The van der Waals surface area contributed by atoms with Gasteiger partial charge in [0.15, 0.2) is 0 Å². The normalized spacial score (nSPS) is 11.3. The Morgan fingerprint density at radius 3 is 2.15 bits per heavy atom. The van der Waals surface area contributed by atoms with Crippen molar-refractivity contribution in [1.82, 2.24) is 4.57 Å². The molecule has 0 spiro atoms. The number of para-hydroxylation sites is 1. The molecular formula is C25H19N. The standard InChI is InChI=1S/C25H19N/c1-18-14-15-23-22-12-5-6-13-24(22)26(25(23)16-18)21-11-7-10-20(17-21)19-8-3-2-4-9-19/h2-17H,1H3. The fraction of sp³-hybridized carbons (Fsp3) is 0.0400.